The van der Waals surface area contributed by atoms with Gasteiger partial charge < -0.3 is 15.0 Å². The number of ether oxygens (including phenoxy) is 1. The maximum Gasteiger partial charge on any atom is 0.213 e. The minimum atomic E-state index is 0.637. The van der Waals surface area contributed by atoms with Gasteiger partial charge in [-0.05, 0) is 33.6 Å². The molecule has 17 heavy (non-hydrogen) atoms. The Kier molecular flexibility index (Phi) is 6.26. The number of hydrogen-bond donors (Lipinski definition) is 1. The van der Waals surface area contributed by atoms with Crippen LogP contribution in [0, 0.1) is 0 Å². The van der Waals surface area contributed by atoms with Crippen LogP contribution in [0.2, 0.25) is 5.02 Å². The van der Waals surface area contributed by atoms with Gasteiger partial charge in [-0.15, -0.1) is 0 Å². The highest BCUT2D eigenvalue weighted by Crippen LogP contribution is 2.17. The molecule has 1 aromatic rings. The molecule has 0 unspecified atom stereocenters. The quantitative estimate of drug-likeness (QED) is 0.756. The molecule has 0 saturated carbocycles. The molecule has 0 aliphatic rings. The summed E-state index contributed by atoms with van der Waals surface area (Å²) >= 11 is 6.01. The summed E-state index contributed by atoms with van der Waals surface area (Å²) in [5.74, 6) is 0.637. The maximum absolute atomic E-state index is 6.01. The minimum absolute atomic E-state index is 0.637. The van der Waals surface area contributed by atoms with Crippen molar-refractivity contribution in [2.24, 2.45) is 0 Å². The van der Waals surface area contributed by atoms with E-state index in [0.29, 0.717) is 24.1 Å². The normalized spacial score (nSPS) is 10.9. The first-order chi connectivity index (χ1) is 8.13. The molecule has 0 amide bonds. The molecule has 0 spiro atoms. The first-order valence-electron chi connectivity index (χ1n) is 5.71. The molecular weight excluding hydrogens is 238 g/mol. The van der Waals surface area contributed by atoms with Crippen molar-refractivity contribution in [2.75, 3.05) is 34.3 Å². The van der Waals surface area contributed by atoms with E-state index < -0.39 is 0 Å². The van der Waals surface area contributed by atoms with Crippen LogP contribution in [-0.2, 0) is 6.54 Å². The fourth-order valence-corrected chi connectivity index (χ4v) is 1.57. The number of nitrogens with one attached hydrogen (secondary N) is 1. The SMILES string of the molecule is CNCc1nc(OCCCN(C)C)ccc1Cl. The van der Waals surface area contributed by atoms with Gasteiger partial charge in [0.2, 0.25) is 5.88 Å². The van der Waals surface area contributed by atoms with Crippen molar-refractivity contribution in [1.29, 1.82) is 0 Å². The zero-order chi connectivity index (χ0) is 12.7. The number of hydrogen-bond acceptors (Lipinski definition) is 4. The Balaban J connectivity index is 2.45. The van der Waals surface area contributed by atoms with E-state index in [1.165, 1.54) is 0 Å². The van der Waals surface area contributed by atoms with E-state index in [9.17, 15) is 0 Å². The van der Waals surface area contributed by atoms with Crippen LogP contribution in [0.4, 0.5) is 0 Å². The van der Waals surface area contributed by atoms with Crippen LogP contribution >= 0.6 is 11.6 Å². The van der Waals surface area contributed by atoms with Gasteiger partial charge in [0.15, 0.2) is 0 Å². The van der Waals surface area contributed by atoms with Gasteiger partial charge in [0, 0.05) is 19.2 Å². The van der Waals surface area contributed by atoms with Gasteiger partial charge in [-0.3, -0.25) is 0 Å². The molecule has 1 aromatic heterocycles. The summed E-state index contributed by atoms with van der Waals surface area (Å²) in [6.07, 6.45) is 0.985. The fraction of sp³-hybridized carbons (Fsp3) is 0.583. The van der Waals surface area contributed by atoms with Crippen LogP contribution in [0.15, 0.2) is 12.1 Å². The van der Waals surface area contributed by atoms with Crippen LogP contribution < -0.4 is 10.1 Å². The molecule has 96 valence electrons. The lowest BCUT2D eigenvalue weighted by atomic mass is 10.3. The van der Waals surface area contributed by atoms with Crippen LogP contribution in [0.25, 0.3) is 0 Å². The molecule has 0 bridgehead atoms. The topological polar surface area (TPSA) is 37.4 Å². The predicted octanol–water partition coefficient (Wildman–Crippen LogP) is 1.78. The van der Waals surface area contributed by atoms with Gasteiger partial charge in [-0.2, -0.15) is 0 Å². The van der Waals surface area contributed by atoms with E-state index >= 15 is 0 Å². The zero-order valence-electron chi connectivity index (χ0n) is 10.7. The van der Waals surface area contributed by atoms with Crippen molar-refractivity contribution in [1.82, 2.24) is 15.2 Å². The van der Waals surface area contributed by atoms with Gasteiger partial charge in [0.05, 0.1) is 17.3 Å². The van der Waals surface area contributed by atoms with Gasteiger partial charge in [-0.25, -0.2) is 4.98 Å². The standard InChI is InChI=1S/C12H20ClN3O/c1-14-9-11-10(13)5-6-12(15-11)17-8-4-7-16(2)3/h5-6,14H,4,7-9H2,1-3H3. The molecule has 1 N–H and O–H groups in total. The predicted molar refractivity (Wildman–Crippen MR) is 70.7 cm³/mol. The lowest BCUT2D eigenvalue weighted by Gasteiger charge is -2.11. The van der Waals surface area contributed by atoms with E-state index in [-0.39, 0.29) is 0 Å². The van der Waals surface area contributed by atoms with Crippen LogP contribution in [0.5, 0.6) is 5.88 Å². The van der Waals surface area contributed by atoms with E-state index in [0.717, 1.165) is 18.7 Å². The van der Waals surface area contributed by atoms with Crippen molar-refractivity contribution >= 4 is 11.6 Å². The molecule has 0 saturated heterocycles. The van der Waals surface area contributed by atoms with Gasteiger partial charge in [-0.1, -0.05) is 11.6 Å². The maximum atomic E-state index is 6.01. The zero-order valence-corrected chi connectivity index (χ0v) is 11.4. The third-order valence-electron chi connectivity index (χ3n) is 2.24. The minimum Gasteiger partial charge on any atom is -0.478 e. The molecular formula is C12H20ClN3O. The van der Waals surface area contributed by atoms with Crippen molar-refractivity contribution in [2.45, 2.75) is 13.0 Å². The highest BCUT2D eigenvalue weighted by molar-refractivity contribution is 6.31. The van der Waals surface area contributed by atoms with Gasteiger partial charge >= 0.3 is 0 Å². The van der Waals surface area contributed by atoms with Crippen molar-refractivity contribution in [3.63, 3.8) is 0 Å². The van der Waals surface area contributed by atoms with Crippen LogP contribution in [0.3, 0.4) is 0 Å². The third kappa shape index (κ3) is 5.35. The van der Waals surface area contributed by atoms with Crippen LogP contribution in [-0.4, -0.2) is 44.2 Å². The number of halogens is 1. The van der Waals surface area contributed by atoms with E-state index in [1.54, 1.807) is 6.07 Å². The van der Waals surface area contributed by atoms with Gasteiger partial charge in [0.1, 0.15) is 0 Å². The second-order valence-electron chi connectivity index (χ2n) is 4.11. The smallest absolute Gasteiger partial charge is 0.213 e. The Labute approximate surface area is 108 Å². The molecule has 1 heterocycles. The molecule has 0 aromatic carbocycles. The lowest BCUT2D eigenvalue weighted by molar-refractivity contribution is 0.272. The largest absolute Gasteiger partial charge is 0.478 e. The highest BCUT2D eigenvalue weighted by atomic mass is 35.5. The summed E-state index contributed by atoms with van der Waals surface area (Å²) in [5.41, 5.74) is 0.819. The summed E-state index contributed by atoms with van der Waals surface area (Å²) in [4.78, 5) is 6.48. The van der Waals surface area contributed by atoms with E-state index in [2.05, 4.69) is 15.2 Å². The lowest BCUT2D eigenvalue weighted by Crippen LogP contribution is -2.16. The molecule has 0 fully saturated rings. The second-order valence-corrected chi connectivity index (χ2v) is 4.52. The number of aromatic nitrogens is 1. The number of pyridine rings is 1. The Morgan fingerprint density at radius 3 is 2.82 bits per heavy atom. The van der Waals surface area contributed by atoms with E-state index in [1.807, 2.05) is 27.2 Å². The Morgan fingerprint density at radius 1 is 1.41 bits per heavy atom. The number of nitrogens with zero attached hydrogens (tertiary/aromatic N) is 2. The van der Waals surface area contributed by atoms with Crippen molar-refractivity contribution in [3.8, 4) is 5.88 Å². The average Bonchev–Trinajstić information content (AvgIpc) is 2.28. The third-order valence-corrected chi connectivity index (χ3v) is 2.58. The van der Waals surface area contributed by atoms with Crippen LogP contribution in [0.1, 0.15) is 12.1 Å². The number of rotatable bonds is 7. The molecule has 0 atom stereocenters. The first kappa shape index (κ1) is 14.2. The highest BCUT2D eigenvalue weighted by Gasteiger charge is 2.03. The van der Waals surface area contributed by atoms with Crippen molar-refractivity contribution < 1.29 is 4.74 Å². The Hall–Kier alpha value is -0.840. The first-order valence-corrected chi connectivity index (χ1v) is 6.09. The molecule has 0 radical (unpaired) electrons. The van der Waals surface area contributed by atoms with E-state index in [4.69, 9.17) is 16.3 Å². The molecule has 4 nitrogen and oxygen atoms in total. The molecule has 0 aliphatic heterocycles. The van der Waals surface area contributed by atoms with Gasteiger partial charge in [0.25, 0.3) is 0 Å². The second kappa shape index (κ2) is 7.48. The Morgan fingerprint density at radius 2 is 2.18 bits per heavy atom. The summed E-state index contributed by atoms with van der Waals surface area (Å²) in [6.45, 7) is 2.33. The summed E-state index contributed by atoms with van der Waals surface area (Å²) in [5, 5.41) is 3.69. The molecule has 1 rings (SSSR count). The molecule has 0 aliphatic carbocycles. The van der Waals surface area contributed by atoms with Crippen molar-refractivity contribution in [3.05, 3.63) is 22.8 Å². The summed E-state index contributed by atoms with van der Waals surface area (Å²) in [6, 6.07) is 3.62. The summed E-state index contributed by atoms with van der Waals surface area (Å²) in [7, 11) is 5.96. The molecule has 5 heteroatoms. The monoisotopic (exact) mass is 257 g/mol. The Bertz CT molecular complexity index is 345. The average molecular weight is 258 g/mol. The fourth-order valence-electron chi connectivity index (χ4n) is 1.39. The summed E-state index contributed by atoms with van der Waals surface area (Å²) < 4.78 is 5.57.